The summed E-state index contributed by atoms with van der Waals surface area (Å²) in [6, 6.07) is 0.898. The first-order chi connectivity index (χ1) is 12.7. The molecule has 0 aromatic rings. The van der Waals surface area contributed by atoms with Crippen LogP contribution in [0.3, 0.4) is 0 Å². The molecule has 0 aromatic carbocycles. The van der Waals surface area contributed by atoms with Crippen molar-refractivity contribution < 1.29 is 14.2 Å². The third-order valence-corrected chi connectivity index (χ3v) is 5.20. The van der Waals surface area contributed by atoms with E-state index in [1.165, 1.54) is 0 Å². The van der Waals surface area contributed by atoms with E-state index in [0.29, 0.717) is 31.2 Å². The molecule has 2 aliphatic heterocycles. The molecule has 0 aliphatic carbocycles. The normalized spacial score (nSPS) is 26.3. The molecule has 26 heavy (non-hydrogen) atoms. The quantitative estimate of drug-likeness (QED) is 0.372. The van der Waals surface area contributed by atoms with E-state index >= 15 is 0 Å². The fraction of sp³-hybridized carbons (Fsp3) is 0.947. The molecule has 2 fully saturated rings. The minimum Gasteiger partial charge on any atom is -0.382 e. The van der Waals surface area contributed by atoms with Gasteiger partial charge in [0.05, 0.1) is 39.6 Å². The first-order valence-electron chi connectivity index (χ1n) is 10.1. The maximum absolute atomic E-state index is 5.70. The van der Waals surface area contributed by atoms with Crippen LogP contribution in [0.15, 0.2) is 4.99 Å². The first kappa shape index (κ1) is 21.4. The van der Waals surface area contributed by atoms with Crippen LogP contribution in [-0.4, -0.2) is 101 Å². The van der Waals surface area contributed by atoms with Crippen LogP contribution in [0, 0.1) is 5.92 Å². The molecule has 0 saturated carbocycles. The van der Waals surface area contributed by atoms with Gasteiger partial charge in [-0.25, -0.2) is 0 Å². The van der Waals surface area contributed by atoms with Crippen molar-refractivity contribution in [1.82, 2.24) is 15.1 Å². The second-order valence-electron chi connectivity index (χ2n) is 7.37. The van der Waals surface area contributed by atoms with Crippen LogP contribution in [0.2, 0.25) is 0 Å². The molecule has 1 N–H and O–H groups in total. The van der Waals surface area contributed by atoms with Gasteiger partial charge in [0.25, 0.3) is 0 Å². The summed E-state index contributed by atoms with van der Waals surface area (Å²) in [4.78, 5) is 9.82. The lowest BCUT2D eigenvalue weighted by Crippen LogP contribution is -2.49. The van der Waals surface area contributed by atoms with Crippen molar-refractivity contribution in [2.45, 2.75) is 39.3 Å². The van der Waals surface area contributed by atoms with Gasteiger partial charge in [0, 0.05) is 51.3 Å². The Kier molecular flexibility index (Phi) is 9.67. The van der Waals surface area contributed by atoms with Gasteiger partial charge in [0.2, 0.25) is 0 Å². The summed E-state index contributed by atoms with van der Waals surface area (Å²) < 4.78 is 16.3. The lowest BCUT2D eigenvalue weighted by atomic mass is 10.1. The summed E-state index contributed by atoms with van der Waals surface area (Å²) in [5.41, 5.74) is 0. The van der Waals surface area contributed by atoms with Crippen LogP contribution >= 0.6 is 0 Å². The summed E-state index contributed by atoms with van der Waals surface area (Å²) in [5, 5.41) is 3.46. The molecule has 2 heterocycles. The number of ether oxygens (including phenoxy) is 3. The minimum atomic E-state index is 0.429. The van der Waals surface area contributed by atoms with Gasteiger partial charge in [-0.2, -0.15) is 0 Å². The predicted octanol–water partition coefficient (Wildman–Crippen LogP) is 1.05. The van der Waals surface area contributed by atoms with Crippen molar-refractivity contribution in [3.8, 4) is 0 Å². The topological polar surface area (TPSA) is 58.6 Å². The van der Waals surface area contributed by atoms with Gasteiger partial charge in [0.1, 0.15) is 0 Å². The van der Waals surface area contributed by atoms with Gasteiger partial charge in [0.15, 0.2) is 5.96 Å². The summed E-state index contributed by atoms with van der Waals surface area (Å²) in [6.45, 7) is 15.2. The lowest BCUT2D eigenvalue weighted by molar-refractivity contribution is -0.0166. The van der Waals surface area contributed by atoms with Crippen molar-refractivity contribution in [1.29, 1.82) is 0 Å². The molecule has 0 bridgehead atoms. The molecule has 7 nitrogen and oxygen atoms in total. The van der Waals surface area contributed by atoms with E-state index in [0.717, 1.165) is 64.9 Å². The zero-order valence-electron chi connectivity index (χ0n) is 17.1. The van der Waals surface area contributed by atoms with Gasteiger partial charge in [-0.05, 0) is 27.2 Å². The standard InChI is InChI=1S/C19H38N4O3/c1-5-20-19(21-12-16(2)23-8-9-25-14-17(23)3)22-7-6-18(13-22)15-26-11-10-24-4/h16-18H,5-15H2,1-4H3,(H,20,21). The number of morpholine rings is 1. The number of hydrogen-bond donors (Lipinski definition) is 1. The number of methoxy groups -OCH3 is 1. The molecule has 3 unspecified atom stereocenters. The van der Waals surface area contributed by atoms with E-state index in [9.17, 15) is 0 Å². The highest BCUT2D eigenvalue weighted by Crippen LogP contribution is 2.17. The average molecular weight is 371 g/mol. The maximum atomic E-state index is 5.70. The number of rotatable bonds is 9. The lowest BCUT2D eigenvalue weighted by Gasteiger charge is -2.37. The molecule has 152 valence electrons. The average Bonchev–Trinajstić information content (AvgIpc) is 3.11. The van der Waals surface area contributed by atoms with E-state index in [1.807, 2.05) is 0 Å². The summed E-state index contributed by atoms with van der Waals surface area (Å²) in [5.74, 6) is 1.62. The molecule has 2 saturated heterocycles. The molecule has 3 atom stereocenters. The largest absolute Gasteiger partial charge is 0.382 e. The first-order valence-corrected chi connectivity index (χ1v) is 10.1. The van der Waals surface area contributed by atoms with Crippen molar-refractivity contribution in [2.75, 3.05) is 72.9 Å². The Morgan fingerprint density at radius 3 is 2.92 bits per heavy atom. The van der Waals surface area contributed by atoms with E-state index in [-0.39, 0.29) is 0 Å². The SMILES string of the molecule is CCNC(=NCC(C)N1CCOCC1C)N1CCC(COCCOC)C1. The molecule has 2 rings (SSSR count). The highest BCUT2D eigenvalue weighted by Gasteiger charge is 2.26. The Morgan fingerprint density at radius 2 is 2.19 bits per heavy atom. The van der Waals surface area contributed by atoms with E-state index in [2.05, 4.69) is 35.9 Å². The van der Waals surface area contributed by atoms with Gasteiger partial charge >= 0.3 is 0 Å². The van der Waals surface area contributed by atoms with Gasteiger partial charge in [-0.1, -0.05) is 0 Å². The van der Waals surface area contributed by atoms with Crippen LogP contribution in [0.4, 0.5) is 0 Å². The van der Waals surface area contributed by atoms with Crippen LogP contribution in [-0.2, 0) is 14.2 Å². The van der Waals surface area contributed by atoms with Crippen molar-refractivity contribution in [3.63, 3.8) is 0 Å². The molecule has 7 heteroatoms. The van der Waals surface area contributed by atoms with Crippen molar-refractivity contribution >= 4 is 5.96 Å². The monoisotopic (exact) mass is 370 g/mol. The molecule has 0 spiro atoms. The predicted molar refractivity (Wildman–Crippen MR) is 105 cm³/mol. The van der Waals surface area contributed by atoms with Crippen LogP contribution < -0.4 is 5.32 Å². The number of aliphatic imine (C=N–C) groups is 1. The molecular formula is C19H38N4O3. The Bertz CT molecular complexity index is 422. The van der Waals surface area contributed by atoms with Crippen LogP contribution in [0.5, 0.6) is 0 Å². The Hall–Kier alpha value is -0.890. The third kappa shape index (κ3) is 6.68. The number of nitrogens with one attached hydrogen (secondary N) is 1. The highest BCUT2D eigenvalue weighted by molar-refractivity contribution is 5.80. The molecule has 0 amide bonds. The smallest absolute Gasteiger partial charge is 0.193 e. The Labute approximate surface area is 159 Å². The fourth-order valence-corrected chi connectivity index (χ4v) is 3.70. The molecular weight excluding hydrogens is 332 g/mol. The zero-order valence-corrected chi connectivity index (χ0v) is 17.1. The van der Waals surface area contributed by atoms with Gasteiger partial charge in [-0.3, -0.25) is 9.89 Å². The summed E-state index contributed by atoms with van der Waals surface area (Å²) >= 11 is 0. The second-order valence-corrected chi connectivity index (χ2v) is 7.37. The Balaban J connectivity index is 1.82. The second kappa shape index (κ2) is 11.7. The highest BCUT2D eigenvalue weighted by atomic mass is 16.5. The Morgan fingerprint density at radius 1 is 1.35 bits per heavy atom. The van der Waals surface area contributed by atoms with Gasteiger partial charge < -0.3 is 24.4 Å². The zero-order chi connectivity index (χ0) is 18.8. The van der Waals surface area contributed by atoms with E-state index in [4.69, 9.17) is 19.2 Å². The van der Waals surface area contributed by atoms with E-state index < -0.39 is 0 Å². The van der Waals surface area contributed by atoms with Crippen molar-refractivity contribution in [3.05, 3.63) is 0 Å². The molecule has 0 radical (unpaired) electrons. The summed E-state index contributed by atoms with van der Waals surface area (Å²) in [6.07, 6.45) is 1.16. The summed E-state index contributed by atoms with van der Waals surface area (Å²) in [7, 11) is 1.71. The third-order valence-electron chi connectivity index (χ3n) is 5.20. The molecule has 2 aliphatic rings. The number of hydrogen-bond acceptors (Lipinski definition) is 5. The number of likely N-dealkylation sites (tertiary alicyclic amines) is 1. The minimum absolute atomic E-state index is 0.429. The van der Waals surface area contributed by atoms with Crippen LogP contribution in [0.25, 0.3) is 0 Å². The molecule has 0 aromatic heterocycles. The van der Waals surface area contributed by atoms with Crippen LogP contribution in [0.1, 0.15) is 27.2 Å². The maximum Gasteiger partial charge on any atom is 0.193 e. The number of guanidine groups is 1. The van der Waals surface area contributed by atoms with E-state index in [1.54, 1.807) is 7.11 Å². The van der Waals surface area contributed by atoms with Gasteiger partial charge in [-0.15, -0.1) is 0 Å². The van der Waals surface area contributed by atoms with Crippen molar-refractivity contribution in [2.24, 2.45) is 10.9 Å². The fourth-order valence-electron chi connectivity index (χ4n) is 3.70. The number of nitrogens with zero attached hydrogens (tertiary/aromatic N) is 3.